The molecule has 0 aliphatic rings. The first-order valence-electron chi connectivity index (χ1n) is 8.14. The zero-order valence-electron chi connectivity index (χ0n) is 14.3. The number of nitrogens with one attached hydrogen (secondary N) is 3. The molecule has 4 aromatic rings. The minimum atomic E-state index is -0.771. The lowest BCUT2D eigenvalue weighted by molar-refractivity contribution is 0.102. The standard InChI is InChI=1S/C18H15N5O4/c1-10-2-4-12(27-10)9-23-15(6-7-19-23)22-16(24)11-3-5-13-14(8-11)21-18(26)17(25)20-13/h2-8H,9H2,1H3,(H,20,25)(H,21,26)(H,22,24). The van der Waals surface area contributed by atoms with Crippen molar-refractivity contribution in [3.63, 3.8) is 0 Å². The molecule has 1 amide bonds. The number of nitrogens with zero attached hydrogens (tertiary/aromatic N) is 2. The normalized spacial score (nSPS) is 11.0. The Hall–Kier alpha value is -3.88. The van der Waals surface area contributed by atoms with Gasteiger partial charge in [0.1, 0.15) is 23.9 Å². The molecule has 1 aromatic carbocycles. The molecule has 3 aromatic heterocycles. The lowest BCUT2D eigenvalue weighted by Crippen LogP contribution is -2.29. The molecule has 0 bridgehead atoms. The lowest BCUT2D eigenvalue weighted by atomic mass is 10.2. The number of rotatable bonds is 4. The van der Waals surface area contributed by atoms with Crippen LogP contribution in [0.5, 0.6) is 0 Å². The molecule has 0 spiro atoms. The van der Waals surface area contributed by atoms with E-state index < -0.39 is 11.1 Å². The number of benzene rings is 1. The summed E-state index contributed by atoms with van der Waals surface area (Å²) in [7, 11) is 0. The largest absolute Gasteiger partial charge is 0.464 e. The van der Waals surface area contributed by atoms with Crippen LogP contribution in [0.4, 0.5) is 5.82 Å². The average Bonchev–Trinajstić information content (AvgIpc) is 3.25. The number of aromatic nitrogens is 4. The van der Waals surface area contributed by atoms with E-state index in [2.05, 4.69) is 20.4 Å². The van der Waals surface area contributed by atoms with Crippen LogP contribution in [0.3, 0.4) is 0 Å². The molecule has 0 saturated carbocycles. The van der Waals surface area contributed by atoms with Gasteiger partial charge in [-0.15, -0.1) is 0 Å². The number of fused-ring (bicyclic) bond motifs is 1. The number of hydrogen-bond donors (Lipinski definition) is 3. The summed E-state index contributed by atoms with van der Waals surface area (Å²) in [5.74, 6) is 1.65. The summed E-state index contributed by atoms with van der Waals surface area (Å²) in [4.78, 5) is 40.3. The predicted octanol–water partition coefficient (Wildman–Crippen LogP) is 1.61. The third-order valence-corrected chi connectivity index (χ3v) is 4.04. The second-order valence-corrected chi connectivity index (χ2v) is 6.01. The number of carbonyl (C=O) groups excluding carboxylic acids is 1. The number of aromatic amines is 2. The molecule has 9 heteroatoms. The topological polar surface area (TPSA) is 126 Å². The number of carbonyl (C=O) groups is 1. The highest BCUT2D eigenvalue weighted by molar-refractivity contribution is 6.05. The maximum absolute atomic E-state index is 12.6. The predicted molar refractivity (Wildman–Crippen MR) is 97.9 cm³/mol. The Kier molecular flexibility index (Phi) is 3.96. The Balaban J connectivity index is 1.58. The third-order valence-electron chi connectivity index (χ3n) is 4.04. The number of H-pyrrole nitrogens is 2. The van der Waals surface area contributed by atoms with E-state index in [0.717, 1.165) is 11.5 Å². The van der Waals surface area contributed by atoms with Crippen LogP contribution in [0, 0.1) is 6.92 Å². The maximum atomic E-state index is 12.6. The first-order valence-corrected chi connectivity index (χ1v) is 8.14. The van der Waals surface area contributed by atoms with E-state index in [0.29, 0.717) is 29.0 Å². The van der Waals surface area contributed by atoms with Crippen molar-refractivity contribution >= 4 is 22.8 Å². The fraction of sp³-hybridized carbons (Fsp3) is 0.111. The van der Waals surface area contributed by atoms with Crippen molar-refractivity contribution in [1.29, 1.82) is 0 Å². The van der Waals surface area contributed by atoms with Crippen LogP contribution in [0.1, 0.15) is 21.9 Å². The molecule has 3 N–H and O–H groups in total. The van der Waals surface area contributed by atoms with Crippen LogP contribution in [0.25, 0.3) is 11.0 Å². The highest BCUT2D eigenvalue weighted by atomic mass is 16.3. The summed E-state index contributed by atoms with van der Waals surface area (Å²) in [6.07, 6.45) is 1.58. The number of aryl methyl sites for hydroxylation is 1. The molecule has 0 aliphatic carbocycles. The molecule has 27 heavy (non-hydrogen) atoms. The Morgan fingerprint density at radius 2 is 1.89 bits per heavy atom. The number of anilines is 1. The molecular formula is C18H15N5O4. The van der Waals surface area contributed by atoms with Gasteiger partial charge in [-0.2, -0.15) is 5.10 Å². The maximum Gasteiger partial charge on any atom is 0.314 e. The summed E-state index contributed by atoms with van der Waals surface area (Å²) in [6.45, 7) is 2.23. The van der Waals surface area contributed by atoms with Gasteiger partial charge in [0, 0.05) is 11.6 Å². The molecule has 0 aliphatic heterocycles. The Morgan fingerprint density at radius 3 is 2.63 bits per heavy atom. The third kappa shape index (κ3) is 3.30. The van der Waals surface area contributed by atoms with E-state index in [9.17, 15) is 14.4 Å². The van der Waals surface area contributed by atoms with E-state index in [1.807, 2.05) is 19.1 Å². The minimum Gasteiger partial charge on any atom is -0.464 e. The van der Waals surface area contributed by atoms with Crippen molar-refractivity contribution in [3.8, 4) is 0 Å². The van der Waals surface area contributed by atoms with E-state index in [4.69, 9.17) is 4.42 Å². The molecule has 0 saturated heterocycles. The van der Waals surface area contributed by atoms with Gasteiger partial charge >= 0.3 is 11.1 Å². The quantitative estimate of drug-likeness (QED) is 0.474. The fourth-order valence-electron chi connectivity index (χ4n) is 2.73. The summed E-state index contributed by atoms with van der Waals surface area (Å²) in [5.41, 5.74) is -0.378. The number of furan rings is 1. The molecule has 9 nitrogen and oxygen atoms in total. The Labute approximate surface area is 151 Å². The van der Waals surface area contributed by atoms with Gasteiger partial charge in [-0.05, 0) is 37.3 Å². The zero-order valence-corrected chi connectivity index (χ0v) is 14.3. The van der Waals surface area contributed by atoms with Crippen LogP contribution >= 0.6 is 0 Å². The van der Waals surface area contributed by atoms with Crippen LogP contribution in [-0.4, -0.2) is 25.7 Å². The van der Waals surface area contributed by atoms with Gasteiger partial charge in [0.15, 0.2) is 0 Å². The fourth-order valence-corrected chi connectivity index (χ4v) is 2.73. The van der Waals surface area contributed by atoms with Crippen LogP contribution in [0.15, 0.2) is 56.6 Å². The van der Waals surface area contributed by atoms with Crippen molar-refractivity contribution in [2.24, 2.45) is 0 Å². The van der Waals surface area contributed by atoms with Crippen molar-refractivity contribution in [2.75, 3.05) is 5.32 Å². The van der Waals surface area contributed by atoms with Gasteiger partial charge in [0.05, 0.1) is 17.2 Å². The monoisotopic (exact) mass is 365 g/mol. The van der Waals surface area contributed by atoms with Gasteiger partial charge < -0.3 is 19.7 Å². The van der Waals surface area contributed by atoms with Gasteiger partial charge in [-0.3, -0.25) is 14.4 Å². The van der Waals surface area contributed by atoms with E-state index in [1.165, 1.54) is 6.07 Å². The molecular weight excluding hydrogens is 350 g/mol. The van der Waals surface area contributed by atoms with Crippen LogP contribution < -0.4 is 16.4 Å². The summed E-state index contributed by atoms with van der Waals surface area (Å²) < 4.78 is 7.14. The second-order valence-electron chi connectivity index (χ2n) is 6.01. The lowest BCUT2D eigenvalue weighted by Gasteiger charge is -2.08. The Bertz CT molecular complexity index is 1260. The number of amides is 1. The highest BCUT2D eigenvalue weighted by Gasteiger charge is 2.12. The first kappa shape index (κ1) is 16.6. The van der Waals surface area contributed by atoms with Gasteiger partial charge in [-0.1, -0.05) is 0 Å². The highest BCUT2D eigenvalue weighted by Crippen LogP contribution is 2.15. The first-order chi connectivity index (χ1) is 13.0. The van der Waals surface area contributed by atoms with Gasteiger partial charge in [0.2, 0.25) is 0 Å². The SMILES string of the molecule is Cc1ccc(Cn2nccc2NC(=O)c2ccc3[nH]c(=O)c(=O)[nH]c3c2)o1. The molecule has 136 valence electrons. The average molecular weight is 365 g/mol. The smallest absolute Gasteiger partial charge is 0.314 e. The second kappa shape index (κ2) is 6.45. The molecule has 4 rings (SSSR count). The number of hydrogen-bond acceptors (Lipinski definition) is 5. The molecule has 0 unspecified atom stereocenters. The van der Waals surface area contributed by atoms with Gasteiger partial charge in [0.25, 0.3) is 5.91 Å². The van der Waals surface area contributed by atoms with E-state index in [-0.39, 0.29) is 5.91 Å². The molecule has 0 radical (unpaired) electrons. The van der Waals surface area contributed by atoms with Crippen molar-refractivity contribution in [2.45, 2.75) is 13.5 Å². The molecule has 0 fully saturated rings. The Morgan fingerprint density at radius 1 is 1.11 bits per heavy atom. The van der Waals surface area contributed by atoms with E-state index >= 15 is 0 Å². The zero-order chi connectivity index (χ0) is 19.0. The molecule has 0 atom stereocenters. The summed E-state index contributed by atoms with van der Waals surface area (Å²) >= 11 is 0. The van der Waals surface area contributed by atoms with Crippen molar-refractivity contribution < 1.29 is 9.21 Å². The van der Waals surface area contributed by atoms with Crippen LogP contribution in [-0.2, 0) is 6.54 Å². The summed E-state index contributed by atoms with van der Waals surface area (Å²) in [6, 6.07) is 10.0. The summed E-state index contributed by atoms with van der Waals surface area (Å²) in [5, 5.41) is 6.97. The minimum absolute atomic E-state index is 0.326. The van der Waals surface area contributed by atoms with Gasteiger partial charge in [-0.25, -0.2) is 4.68 Å². The van der Waals surface area contributed by atoms with Crippen molar-refractivity contribution in [3.05, 3.63) is 80.4 Å². The van der Waals surface area contributed by atoms with Crippen molar-refractivity contribution in [1.82, 2.24) is 19.7 Å². The molecule has 3 heterocycles. The van der Waals surface area contributed by atoms with E-state index in [1.54, 1.807) is 29.1 Å². The van der Waals surface area contributed by atoms with Crippen LogP contribution in [0.2, 0.25) is 0 Å².